The standard InChI is InChI=1S/C24H29N5O6S/c25-12-6-5-9-18(24(32)33)27-22(31)21(30)16(26)13-15-14-7-1-2-8-17(14)28-23(15)36-20-11-4-3-10-19(20)29(34)35/h1-4,7-8,10-11,16,18,21,28,30H,5-6,9,12-13,25-26H2,(H,27,31)(H,32,33)/t16-,18+,21-/m1/s1. The van der Waals surface area contributed by atoms with Crippen molar-refractivity contribution in [3.63, 3.8) is 0 Å². The van der Waals surface area contributed by atoms with Gasteiger partial charge in [-0.05, 0) is 49.9 Å². The van der Waals surface area contributed by atoms with E-state index in [2.05, 4.69) is 10.3 Å². The van der Waals surface area contributed by atoms with Gasteiger partial charge in [-0.2, -0.15) is 0 Å². The van der Waals surface area contributed by atoms with Crippen LogP contribution < -0.4 is 16.8 Å². The van der Waals surface area contributed by atoms with Crippen molar-refractivity contribution in [1.82, 2.24) is 10.3 Å². The minimum atomic E-state index is -1.67. The minimum Gasteiger partial charge on any atom is -0.480 e. The number of aromatic amines is 1. The van der Waals surface area contributed by atoms with Crippen LogP contribution in [0.15, 0.2) is 58.5 Å². The predicted molar refractivity (Wildman–Crippen MR) is 136 cm³/mol. The second-order valence-electron chi connectivity index (χ2n) is 8.30. The number of aliphatic carboxylic acids is 1. The van der Waals surface area contributed by atoms with Crippen molar-refractivity contribution < 1.29 is 24.7 Å². The molecule has 0 aliphatic heterocycles. The van der Waals surface area contributed by atoms with Gasteiger partial charge in [0.15, 0.2) is 0 Å². The fourth-order valence-corrected chi connectivity index (χ4v) is 4.91. The lowest BCUT2D eigenvalue weighted by molar-refractivity contribution is -0.387. The molecule has 0 spiro atoms. The second kappa shape index (κ2) is 12.5. The minimum absolute atomic E-state index is 0.0508. The summed E-state index contributed by atoms with van der Waals surface area (Å²) in [6.45, 7) is 0.408. The van der Waals surface area contributed by atoms with Crippen molar-refractivity contribution in [1.29, 1.82) is 0 Å². The summed E-state index contributed by atoms with van der Waals surface area (Å²) in [5, 5.41) is 35.2. The Kier molecular flexibility index (Phi) is 9.42. The number of nitrogens with zero attached hydrogens (tertiary/aromatic N) is 1. The molecule has 0 bridgehead atoms. The van der Waals surface area contributed by atoms with Gasteiger partial charge >= 0.3 is 5.97 Å². The fraction of sp³-hybridized carbons (Fsp3) is 0.333. The molecule has 192 valence electrons. The highest BCUT2D eigenvalue weighted by Gasteiger charge is 2.29. The molecule has 0 unspecified atom stereocenters. The van der Waals surface area contributed by atoms with Crippen LogP contribution in [0.2, 0.25) is 0 Å². The third-order valence-corrected chi connectivity index (χ3v) is 6.84. The summed E-state index contributed by atoms with van der Waals surface area (Å²) < 4.78 is 0. The smallest absolute Gasteiger partial charge is 0.326 e. The van der Waals surface area contributed by atoms with Gasteiger partial charge in [0.1, 0.15) is 12.1 Å². The summed E-state index contributed by atoms with van der Waals surface area (Å²) in [6, 6.07) is 11.5. The van der Waals surface area contributed by atoms with Crippen molar-refractivity contribution in [2.24, 2.45) is 11.5 Å². The number of nitro benzene ring substituents is 1. The first-order valence-corrected chi connectivity index (χ1v) is 12.2. The summed E-state index contributed by atoms with van der Waals surface area (Å²) in [7, 11) is 0. The maximum Gasteiger partial charge on any atom is 0.326 e. The number of nitro groups is 1. The number of amides is 1. The number of nitrogens with one attached hydrogen (secondary N) is 2. The zero-order valence-corrected chi connectivity index (χ0v) is 20.2. The van der Waals surface area contributed by atoms with E-state index in [0.29, 0.717) is 34.9 Å². The molecule has 1 aromatic heterocycles. The summed E-state index contributed by atoms with van der Waals surface area (Å²) in [6.07, 6.45) is -0.301. The van der Waals surface area contributed by atoms with Gasteiger partial charge in [0, 0.05) is 23.0 Å². The number of carboxylic acid groups (broad SMARTS) is 1. The van der Waals surface area contributed by atoms with Gasteiger partial charge in [-0.1, -0.05) is 42.1 Å². The van der Waals surface area contributed by atoms with Crippen molar-refractivity contribution in [3.05, 3.63) is 64.2 Å². The normalized spacial score (nSPS) is 13.8. The topological polar surface area (TPSA) is 198 Å². The number of aromatic nitrogens is 1. The van der Waals surface area contributed by atoms with E-state index < -0.39 is 35.0 Å². The lowest BCUT2D eigenvalue weighted by Crippen LogP contribution is -2.52. The van der Waals surface area contributed by atoms with Gasteiger partial charge in [0.25, 0.3) is 11.6 Å². The van der Waals surface area contributed by atoms with Crippen LogP contribution in [0.3, 0.4) is 0 Å². The van der Waals surface area contributed by atoms with Crippen LogP contribution in [-0.2, 0) is 16.0 Å². The van der Waals surface area contributed by atoms with E-state index in [1.165, 1.54) is 6.07 Å². The van der Waals surface area contributed by atoms with Crippen molar-refractivity contribution >= 4 is 40.2 Å². The molecule has 2 aromatic carbocycles. The van der Waals surface area contributed by atoms with Crippen LogP contribution in [-0.4, -0.2) is 56.7 Å². The van der Waals surface area contributed by atoms with E-state index in [-0.39, 0.29) is 18.5 Å². The highest BCUT2D eigenvalue weighted by molar-refractivity contribution is 7.99. The zero-order valence-electron chi connectivity index (χ0n) is 19.4. The van der Waals surface area contributed by atoms with Crippen molar-refractivity contribution in [2.75, 3.05) is 6.54 Å². The van der Waals surface area contributed by atoms with E-state index in [1.807, 2.05) is 24.3 Å². The lowest BCUT2D eigenvalue weighted by atomic mass is 10.0. The molecule has 3 rings (SSSR count). The molecule has 11 nitrogen and oxygen atoms in total. The number of unbranched alkanes of at least 4 members (excludes halogenated alkanes) is 1. The Morgan fingerprint density at radius 3 is 2.53 bits per heavy atom. The number of carboxylic acids is 1. The zero-order chi connectivity index (χ0) is 26.2. The van der Waals surface area contributed by atoms with Gasteiger partial charge < -0.3 is 32.0 Å². The summed E-state index contributed by atoms with van der Waals surface area (Å²) in [4.78, 5) is 38.8. The molecule has 0 aliphatic rings. The molecule has 0 radical (unpaired) electrons. The fourth-order valence-electron chi connectivity index (χ4n) is 3.82. The molecule has 0 saturated carbocycles. The molecular weight excluding hydrogens is 486 g/mol. The molecule has 0 saturated heterocycles. The molecule has 0 aliphatic carbocycles. The van der Waals surface area contributed by atoms with Crippen LogP contribution >= 0.6 is 11.8 Å². The van der Waals surface area contributed by atoms with Crippen LogP contribution in [0.1, 0.15) is 24.8 Å². The molecule has 0 fully saturated rings. The van der Waals surface area contributed by atoms with Crippen molar-refractivity contribution in [3.8, 4) is 0 Å². The highest BCUT2D eigenvalue weighted by atomic mass is 32.2. The van der Waals surface area contributed by atoms with Crippen LogP contribution in [0, 0.1) is 10.1 Å². The van der Waals surface area contributed by atoms with Gasteiger partial charge in [0.05, 0.1) is 14.8 Å². The van der Waals surface area contributed by atoms with E-state index in [4.69, 9.17) is 11.5 Å². The molecule has 1 heterocycles. The first-order chi connectivity index (χ1) is 17.2. The number of aliphatic hydroxyl groups excluding tert-OH is 1. The van der Waals surface area contributed by atoms with Crippen LogP contribution in [0.5, 0.6) is 0 Å². The number of benzene rings is 2. The Morgan fingerprint density at radius 1 is 1.14 bits per heavy atom. The third-order valence-electron chi connectivity index (χ3n) is 5.72. The predicted octanol–water partition coefficient (Wildman–Crippen LogP) is 2.16. The largest absolute Gasteiger partial charge is 0.480 e. The van der Waals surface area contributed by atoms with E-state index in [0.717, 1.165) is 22.7 Å². The molecule has 36 heavy (non-hydrogen) atoms. The quantitative estimate of drug-likeness (QED) is 0.112. The van der Waals surface area contributed by atoms with E-state index in [9.17, 15) is 29.9 Å². The lowest BCUT2D eigenvalue weighted by Gasteiger charge is -2.21. The second-order valence-corrected chi connectivity index (χ2v) is 9.35. The molecular formula is C24H29N5O6S. The maximum atomic E-state index is 12.6. The number of hydrogen-bond donors (Lipinski definition) is 6. The maximum absolute atomic E-state index is 12.6. The highest BCUT2D eigenvalue weighted by Crippen LogP contribution is 2.39. The number of nitrogens with two attached hydrogens (primary N) is 2. The summed E-state index contributed by atoms with van der Waals surface area (Å²) in [5.41, 5.74) is 13.1. The average molecular weight is 516 g/mol. The number of para-hydroxylation sites is 2. The summed E-state index contributed by atoms with van der Waals surface area (Å²) in [5.74, 6) is -2.09. The number of aliphatic hydroxyl groups is 1. The van der Waals surface area contributed by atoms with Gasteiger partial charge in [-0.25, -0.2) is 4.79 Å². The number of H-pyrrole nitrogens is 1. The third kappa shape index (κ3) is 6.61. The SMILES string of the molecule is NCCCC[C@H](NC(=O)[C@H](O)[C@H](N)Cc1c(Sc2ccccc2[N+](=O)[O-])[nH]c2ccccc12)C(=O)O. The first-order valence-electron chi connectivity index (χ1n) is 11.4. The van der Waals surface area contributed by atoms with Crippen LogP contribution in [0.4, 0.5) is 5.69 Å². The Hall–Kier alpha value is -3.45. The molecule has 1 amide bonds. The molecule has 3 atom stereocenters. The van der Waals surface area contributed by atoms with Crippen LogP contribution in [0.25, 0.3) is 10.9 Å². The number of fused-ring (bicyclic) bond motifs is 1. The van der Waals surface area contributed by atoms with Gasteiger partial charge in [0.2, 0.25) is 0 Å². The summed E-state index contributed by atoms with van der Waals surface area (Å²) >= 11 is 1.16. The number of carbonyl (C=O) groups excluding carboxylic acids is 1. The van der Waals surface area contributed by atoms with Gasteiger partial charge in [-0.15, -0.1) is 0 Å². The Balaban J connectivity index is 1.82. The average Bonchev–Trinajstić information content (AvgIpc) is 3.19. The Bertz CT molecular complexity index is 1230. The van der Waals surface area contributed by atoms with Gasteiger partial charge in [-0.3, -0.25) is 14.9 Å². The van der Waals surface area contributed by atoms with Crippen molar-refractivity contribution in [2.45, 2.75) is 53.8 Å². The van der Waals surface area contributed by atoms with E-state index >= 15 is 0 Å². The molecule has 3 aromatic rings. The number of rotatable bonds is 13. The number of hydrogen-bond acceptors (Lipinski definition) is 8. The number of carbonyl (C=O) groups is 2. The van der Waals surface area contributed by atoms with E-state index in [1.54, 1.807) is 18.2 Å². The first kappa shape index (κ1) is 27.1. The molecule has 12 heteroatoms. The Labute approximate surface area is 211 Å². The monoisotopic (exact) mass is 515 g/mol. The molecule has 8 N–H and O–H groups in total. The Morgan fingerprint density at radius 2 is 1.83 bits per heavy atom.